The van der Waals surface area contributed by atoms with Crippen molar-refractivity contribution < 1.29 is 9.18 Å². The van der Waals surface area contributed by atoms with Crippen molar-refractivity contribution in [2.75, 3.05) is 12.0 Å². The normalized spacial score (nSPS) is 21.9. The molecule has 1 saturated carbocycles. The van der Waals surface area contributed by atoms with Crippen LogP contribution in [0.25, 0.3) is 0 Å². The molecule has 0 unspecified atom stereocenters. The summed E-state index contributed by atoms with van der Waals surface area (Å²) in [6.45, 7) is 2.88. The third kappa shape index (κ3) is 3.94. The van der Waals surface area contributed by atoms with Gasteiger partial charge >= 0.3 is 0 Å². The lowest BCUT2D eigenvalue weighted by Gasteiger charge is -2.27. The van der Waals surface area contributed by atoms with Crippen molar-refractivity contribution >= 4 is 11.6 Å². The predicted octanol–water partition coefficient (Wildman–Crippen LogP) is 3.06. The van der Waals surface area contributed by atoms with E-state index in [0.717, 1.165) is 18.8 Å². The molecule has 2 rings (SSSR count). The number of anilines is 1. The van der Waals surface area contributed by atoms with Crippen LogP contribution in [0.3, 0.4) is 0 Å². The van der Waals surface area contributed by atoms with Gasteiger partial charge in [-0.05, 0) is 36.8 Å². The SMILES string of the molecule is CCC1CCC(CNC(=O)c2cccc(F)c2NN)CC1. The Balaban J connectivity index is 1.89. The first kappa shape index (κ1) is 15.8. The maximum atomic E-state index is 13.6. The molecule has 5 heteroatoms. The van der Waals surface area contributed by atoms with E-state index in [1.165, 1.54) is 31.4 Å². The van der Waals surface area contributed by atoms with Crippen molar-refractivity contribution in [2.24, 2.45) is 17.7 Å². The van der Waals surface area contributed by atoms with Gasteiger partial charge in [-0.2, -0.15) is 0 Å². The van der Waals surface area contributed by atoms with E-state index in [4.69, 9.17) is 5.84 Å². The lowest BCUT2D eigenvalue weighted by molar-refractivity contribution is 0.0941. The van der Waals surface area contributed by atoms with E-state index in [0.29, 0.717) is 12.5 Å². The highest BCUT2D eigenvalue weighted by Crippen LogP contribution is 2.30. The molecule has 4 N–H and O–H groups in total. The van der Waals surface area contributed by atoms with E-state index < -0.39 is 5.82 Å². The molecule has 1 aromatic rings. The van der Waals surface area contributed by atoms with E-state index >= 15 is 0 Å². The molecule has 21 heavy (non-hydrogen) atoms. The minimum atomic E-state index is -0.520. The lowest BCUT2D eigenvalue weighted by atomic mass is 9.81. The number of nitrogens with two attached hydrogens (primary N) is 1. The number of nitrogens with one attached hydrogen (secondary N) is 2. The van der Waals surface area contributed by atoms with Gasteiger partial charge in [0.25, 0.3) is 5.91 Å². The molecule has 0 aliphatic heterocycles. The maximum Gasteiger partial charge on any atom is 0.253 e. The number of hydrogen-bond donors (Lipinski definition) is 3. The van der Waals surface area contributed by atoms with Crippen LogP contribution in [-0.2, 0) is 0 Å². The van der Waals surface area contributed by atoms with Crippen molar-refractivity contribution in [2.45, 2.75) is 39.0 Å². The number of hydrazine groups is 1. The summed E-state index contributed by atoms with van der Waals surface area (Å²) in [6, 6.07) is 4.36. The van der Waals surface area contributed by atoms with Gasteiger partial charge in [-0.15, -0.1) is 0 Å². The Hall–Kier alpha value is -1.62. The number of carbonyl (C=O) groups excluding carboxylic acids is 1. The molecule has 1 aliphatic rings. The molecule has 1 aliphatic carbocycles. The largest absolute Gasteiger partial charge is 0.352 e. The van der Waals surface area contributed by atoms with Crippen LogP contribution in [0.4, 0.5) is 10.1 Å². The average Bonchev–Trinajstić information content (AvgIpc) is 2.52. The van der Waals surface area contributed by atoms with E-state index in [2.05, 4.69) is 17.7 Å². The molecule has 116 valence electrons. The van der Waals surface area contributed by atoms with Crippen LogP contribution in [0, 0.1) is 17.7 Å². The standard InChI is InChI=1S/C16H24FN3O/c1-2-11-6-8-12(9-7-11)10-19-16(21)13-4-3-5-14(17)15(13)20-18/h3-5,11-12,20H,2,6-10,18H2,1H3,(H,19,21). The third-order valence-corrected chi connectivity index (χ3v) is 4.50. The summed E-state index contributed by atoms with van der Waals surface area (Å²) >= 11 is 0. The van der Waals surface area contributed by atoms with Crippen LogP contribution in [0.5, 0.6) is 0 Å². The lowest BCUT2D eigenvalue weighted by Crippen LogP contribution is -2.32. The number of rotatable bonds is 5. The molecule has 0 aromatic heterocycles. The van der Waals surface area contributed by atoms with Crippen LogP contribution in [-0.4, -0.2) is 12.5 Å². The smallest absolute Gasteiger partial charge is 0.253 e. The van der Waals surface area contributed by atoms with Crippen molar-refractivity contribution in [1.29, 1.82) is 0 Å². The fourth-order valence-electron chi connectivity index (χ4n) is 3.04. The second kappa shape index (κ2) is 7.41. The predicted molar refractivity (Wildman–Crippen MR) is 82.3 cm³/mol. The van der Waals surface area contributed by atoms with E-state index in [9.17, 15) is 9.18 Å². The van der Waals surface area contributed by atoms with Gasteiger partial charge in [0.05, 0.1) is 11.3 Å². The molecular formula is C16H24FN3O. The summed E-state index contributed by atoms with van der Waals surface area (Å²) in [6.07, 6.45) is 6.04. The van der Waals surface area contributed by atoms with Crippen LogP contribution < -0.4 is 16.6 Å². The first-order chi connectivity index (χ1) is 10.2. The summed E-state index contributed by atoms with van der Waals surface area (Å²) in [5.41, 5.74) is 2.56. The molecule has 0 saturated heterocycles. The van der Waals surface area contributed by atoms with Gasteiger partial charge in [-0.1, -0.05) is 32.3 Å². The molecule has 1 fully saturated rings. The Morgan fingerprint density at radius 1 is 1.29 bits per heavy atom. The quantitative estimate of drug-likeness (QED) is 0.577. The van der Waals surface area contributed by atoms with Crippen molar-refractivity contribution in [3.63, 3.8) is 0 Å². The molecule has 0 atom stereocenters. The number of benzene rings is 1. The van der Waals surface area contributed by atoms with Crippen LogP contribution in [0.2, 0.25) is 0 Å². The van der Waals surface area contributed by atoms with Crippen molar-refractivity contribution in [1.82, 2.24) is 5.32 Å². The first-order valence-corrected chi connectivity index (χ1v) is 7.69. The van der Waals surface area contributed by atoms with Crippen LogP contribution in [0.15, 0.2) is 18.2 Å². The highest BCUT2D eigenvalue weighted by molar-refractivity contribution is 5.99. The second-order valence-electron chi connectivity index (χ2n) is 5.81. The fraction of sp³-hybridized carbons (Fsp3) is 0.562. The Bertz CT molecular complexity index is 484. The van der Waals surface area contributed by atoms with Gasteiger partial charge in [0.1, 0.15) is 5.82 Å². The maximum absolute atomic E-state index is 13.6. The van der Waals surface area contributed by atoms with E-state index in [1.807, 2.05) is 0 Å². The van der Waals surface area contributed by atoms with Gasteiger partial charge in [0.2, 0.25) is 0 Å². The van der Waals surface area contributed by atoms with Crippen molar-refractivity contribution in [3.05, 3.63) is 29.6 Å². The number of nitrogen functional groups attached to an aromatic ring is 1. The summed E-state index contributed by atoms with van der Waals surface area (Å²) in [5, 5.41) is 2.90. The molecular weight excluding hydrogens is 269 g/mol. The van der Waals surface area contributed by atoms with E-state index in [-0.39, 0.29) is 17.2 Å². The molecule has 0 spiro atoms. The molecule has 0 heterocycles. The molecule has 4 nitrogen and oxygen atoms in total. The minimum absolute atomic E-state index is 0.0460. The summed E-state index contributed by atoms with van der Waals surface area (Å²) in [4.78, 5) is 12.2. The number of halogens is 1. The molecule has 0 bridgehead atoms. The molecule has 0 radical (unpaired) electrons. The van der Waals surface area contributed by atoms with Crippen LogP contribution in [0.1, 0.15) is 49.4 Å². The van der Waals surface area contributed by atoms with Gasteiger partial charge in [0, 0.05) is 6.54 Å². The third-order valence-electron chi connectivity index (χ3n) is 4.50. The van der Waals surface area contributed by atoms with Crippen LogP contribution >= 0.6 is 0 Å². The van der Waals surface area contributed by atoms with E-state index in [1.54, 1.807) is 6.07 Å². The minimum Gasteiger partial charge on any atom is -0.352 e. The number of amides is 1. The Morgan fingerprint density at radius 3 is 2.57 bits per heavy atom. The van der Waals surface area contributed by atoms with Gasteiger partial charge in [0.15, 0.2) is 0 Å². The average molecular weight is 293 g/mol. The zero-order chi connectivity index (χ0) is 15.2. The van der Waals surface area contributed by atoms with Gasteiger partial charge in [-0.3, -0.25) is 10.6 Å². The highest BCUT2D eigenvalue weighted by atomic mass is 19.1. The summed E-state index contributed by atoms with van der Waals surface area (Å²) in [7, 11) is 0. The van der Waals surface area contributed by atoms with Gasteiger partial charge in [-0.25, -0.2) is 4.39 Å². The molecule has 1 aromatic carbocycles. The zero-order valence-corrected chi connectivity index (χ0v) is 12.5. The monoisotopic (exact) mass is 293 g/mol. The summed E-state index contributed by atoms with van der Waals surface area (Å²) in [5.74, 6) is 5.86. The Morgan fingerprint density at radius 2 is 1.95 bits per heavy atom. The Labute approximate surface area is 125 Å². The number of hydrogen-bond acceptors (Lipinski definition) is 3. The Kier molecular flexibility index (Phi) is 5.56. The fourth-order valence-corrected chi connectivity index (χ4v) is 3.04. The zero-order valence-electron chi connectivity index (χ0n) is 12.5. The highest BCUT2D eigenvalue weighted by Gasteiger charge is 2.21. The topological polar surface area (TPSA) is 67.2 Å². The molecule has 1 amide bonds. The first-order valence-electron chi connectivity index (χ1n) is 7.69. The van der Waals surface area contributed by atoms with Crippen molar-refractivity contribution in [3.8, 4) is 0 Å². The summed E-state index contributed by atoms with van der Waals surface area (Å²) < 4.78 is 13.6. The number of carbonyl (C=O) groups is 1. The second-order valence-corrected chi connectivity index (χ2v) is 5.81. The number of para-hydroxylation sites is 1. The van der Waals surface area contributed by atoms with Gasteiger partial charge < -0.3 is 10.7 Å².